The lowest BCUT2D eigenvalue weighted by atomic mass is 9.98. The van der Waals surface area contributed by atoms with Crippen molar-refractivity contribution in [1.82, 2.24) is 14.5 Å². The molecule has 0 unspecified atom stereocenters. The number of hydrogen-bond acceptors (Lipinski definition) is 6. The Kier molecular flexibility index (Phi) is 7.41. The molecule has 43 heavy (non-hydrogen) atoms. The van der Waals surface area contributed by atoms with E-state index in [1.54, 1.807) is 25.1 Å². The van der Waals surface area contributed by atoms with Gasteiger partial charge in [-0.25, -0.2) is 18.4 Å². The molecule has 0 aliphatic heterocycles. The fraction of sp³-hybridized carbons (Fsp3) is 0.200. The van der Waals surface area contributed by atoms with Crippen LogP contribution in [0.25, 0.3) is 39.4 Å². The molecule has 0 radical (unpaired) electrons. The van der Waals surface area contributed by atoms with Crippen LogP contribution in [0.3, 0.4) is 0 Å². The average molecular weight is 618 g/mol. The van der Waals surface area contributed by atoms with Crippen molar-refractivity contribution >= 4 is 9.84 Å². The molecule has 224 valence electrons. The highest BCUT2D eigenvalue weighted by Gasteiger charge is 2.61. The Balaban J connectivity index is 1.65. The zero-order valence-corrected chi connectivity index (χ0v) is 24.0. The Morgan fingerprint density at radius 3 is 2.09 bits per heavy atom. The molecule has 0 saturated carbocycles. The van der Waals surface area contributed by atoms with E-state index < -0.39 is 27.9 Å². The van der Waals surface area contributed by atoms with Gasteiger partial charge in [-0.1, -0.05) is 18.2 Å². The Hall–Kier alpha value is -4.52. The Labute approximate surface area is 243 Å². The Morgan fingerprint density at radius 1 is 0.837 bits per heavy atom. The molecule has 0 spiro atoms. The highest BCUT2D eigenvalue weighted by atomic mass is 32.2. The van der Waals surface area contributed by atoms with Crippen molar-refractivity contribution < 1.29 is 39.5 Å². The predicted octanol–water partition coefficient (Wildman–Crippen LogP) is 7.72. The van der Waals surface area contributed by atoms with Crippen LogP contribution in [-0.4, -0.2) is 41.5 Å². The lowest BCUT2D eigenvalue weighted by Crippen LogP contribution is -2.41. The number of ether oxygens (including phenoxy) is 1. The summed E-state index contributed by atoms with van der Waals surface area (Å²) >= 11 is 0. The van der Waals surface area contributed by atoms with Crippen molar-refractivity contribution in [2.24, 2.45) is 0 Å². The first-order valence-electron chi connectivity index (χ1n) is 12.7. The standard InChI is InChI=1S/C30H24F5N3O4S/c1-17-16-38(18(2)36-17)26-13-10-22(21-6-5-7-24(14-21)43(4,39)40)15-25(26)27-28(41-19(3)37-27)20-8-11-23(12-9-20)42-30(34,35)29(31,32)33/h5-16H,1-4H3. The van der Waals surface area contributed by atoms with Crippen molar-refractivity contribution in [3.05, 3.63) is 90.3 Å². The third-order valence-corrected chi connectivity index (χ3v) is 7.65. The molecule has 5 rings (SSSR count). The maximum atomic E-state index is 13.4. The van der Waals surface area contributed by atoms with E-state index in [-0.39, 0.29) is 16.5 Å². The monoisotopic (exact) mass is 617 g/mol. The van der Waals surface area contributed by atoms with Gasteiger partial charge < -0.3 is 13.7 Å². The number of halogens is 5. The number of oxazole rings is 1. The van der Waals surface area contributed by atoms with E-state index in [4.69, 9.17) is 4.42 Å². The summed E-state index contributed by atoms with van der Waals surface area (Å²) in [7, 11) is -3.47. The van der Waals surface area contributed by atoms with Gasteiger partial charge in [-0.3, -0.25) is 0 Å². The fourth-order valence-electron chi connectivity index (χ4n) is 4.57. The van der Waals surface area contributed by atoms with Crippen LogP contribution in [0.1, 0.15) is 17.4 Å². The highest BCUT2D eigenvalue weighted by Crippen LogP contribution is 2.41. The van der Waals surface area contributed by atoms with E-state index in [1.807, 2.05) is 42.8 Å². The minimum Gasteiger partial charge on any atom is -0.440 e. The summed E-state index contributed by atoms with van der Waals surface area (Å²) in [4.78, 5) is 9.22. The molecular formula is C30H24F5N3O4S. The summed E-state index contributed by atoms with van der Waals surface area (Å²) < 4.78 is 101. The molecule has 0 aliphatic carbocycles. The van der Waals surface area contributed by atoms with Crippen LogP contribution < -0.4 is 4.74 Å². The average Bonchev–Trinajstić information content (AvgIpc) is 3.48. The first-order chi connectivity index (χ1) is 20.0. The van der Waals surface area contributed by atoms with Crippen LogP contribution in [0.15, 0.2) is 82.2 Å². The van der Waals surface area contributed by atoms with Crippen LogP contribution in [0.5, 0.6) is 5.75 Å². The molecule has 0 N–H and O–H groups in total. The third-order valence-electron chi connectivity index (χ3n) is 6.54. The van der Waals surface area contributed by atoms with Gasteiger partial charge >= 0.3 is 12.3 Å². The van der Waals surface area contributed by atoms with Gasteiger partial charge in [-0.15, -0.1) is 0 Å². The van der Waals surface area contributed by atoms with Gasteiger partial charge in [0.2, 0.25) is 0 Å². The van der Waals surface area contributed by atoms with Gasteiger partial charge in [-0.05, 0) is 73.5 Å². The lowest BCUT2D eigenvalue weighted by molar-refractivity contribution is -0.360. The number of rotatable bonds is 7. The molecule has 0 saturated heterocycles. The summed E-state index contributed by atoms with van der Waals surface area (Å²) in [5.41, 5.74) is 3.99. The van der Waals surface area contributed by atoms with Gasteiger partial charge in [-0.2, -0.15) is 22.0 Å². The molecule has 0 bridgehead atoms. The number of aromatic nitrogens is 3. The molecule has 3 aromatic carbocycles. The van der Waals surface area contributed by atoms with Crippen molar-refractivity contribution in [3.63, 3.8) is 0 Å². The van der Waals surface area contributed by atoms with Crippen molar-refractivity contribution in [2.75, 3.05) is 6.26 Å². The molecule has 7 nitrogen and oxygen atoms in total. The summed E-state index contributed by atoms with van der Waals surface area (Å²) in [6.45, 7) is 5.27. The summed E-state index contributed by atoms with van der Waals surface area (Å²) in [6.07, 6.45) is -8.30. The number of alkyl halides is 5. The summed E-state index contributed by atoms with van der Waals surface area (Å²) in [5, 5.41) is 0. The van der Waals surface area contributed by atoms with Crippen LogP contribution in [0.4, 0.5) is 22.0 Å². The van der Waals surface area contributed by atoms with Gasteiger partial charge in [0.1, 0.15) is 17.3 Å². The van der Waals surface area contributed by atoms with E-state index in [2.05, 4.69) is 14.7 Å². The van der Waals surface area contributed by atoms with E-state index in [0.29, 0.717) is 39.5 Å². The second kappa shape index (κ2) is 10.6. The zero-order valence-electron chi connectivity index (χ0n) is 23.2. The van der Waals surface area contributed by atoms with E-state index >= 15 is 0 Å². The smallest absolute Gasteiger partial charge is 0.440 e. The highest BCUT2D eigenvalue weighted by molar-refractivity contribution is 7.90. The van der Waals surface area contributed by atoms with Crippen LogP contribution in [0, 0.1) is 20.8 Å². The SMILES string of the molecule is Cc1cn(-c2ccc(-c3cccc(S(C)(=O)=O)c3)cc2-c2nc(C)oc2-c2ccc(OC(F)(F)C(F)(F)F)cc2)c(C)n1. The molecular weight excluding hydrogens is 593 g/mol. The quantitative estimate of drug-likeness (QED) is 0.174. The number of aryl methyl sites for hydroxylation is 3. The maximum absolute atomic E-state index is 13.4. The van der Waals surface area contributed by atoms with E-state index in [1.165, 1.54) is 18.2 Å². The third kappa shape index (κ3) is 6.03. The van der Waals surface area contributed by atoms with Gasteiger partial charge in [0.05, 0.1) is 16.3 Å². The summed E-state index contributed by atoms with van der Waals surface area (Å²) in [5.74, 6) is 0.480. The molecule has 2 heterocycles. The molecule has 0 amide bonds. The number of hydrogen-bond donors (Lipinski definition) is 0. The minimum absolute atomic E-state index is 0.146. The number of imidazole rings is 1. The Bertz CT molecular complexity index is 1930. The minimum atomic E-state index is -5.88. The van der Waals surface area contributed by atoms with Crippen LogP contribution in [0.2, 0.25) is 0 Å². The Morgan fingerprint density at radius 2 is 1.49 bits per heavy atom. The second-order valence-corrected chi connectivity index (χ2v) is 11.9. The number of nitrogens with zero attached hydrogens (tertiary/aromatic N) is 3. The zero-order chi connectivity index (χ0) is 31.3. The van der Waals surface area contributed by atoms with Crippen molar-refractivity contribution in [2.45, 2.75) is 38.0 Å². The largest absolute Gasteiger partial charge is 0.499 e. The van der Waals surface area contributed by atoms with Gasteiger partial charge in [0.25, 0.3) is 0 Å². The van der Waals surface area contributed by atoms with Crippen molar-refractivity contribution in [3.8, 4) is 45.1 Å². The molecule has 5 aromatic rings. The fourth-order valence-corrected chi connectivity index (χ4v) is 5.24. The normalized spacial score (nSPS) is 12.5. The van der Waals surface area contributed by atoms with E-state index in [0.717, 1.165) is 24.1 Å². The predicted molar refractivity (Wildman–Crippen MR) is 149 cm³/mol. The first-order valence-corrected chi connectivity index (χ1v) is 14.6. The van der Waals surface area contributed by atoms with Crippen LogP contribution in [-0.2, 0) is 9.84 Å². The molecule has 0 atom stereocenters. The summed E-state index contributed by atoms with van der Waals surface area (Å²) in [6, 6.07) is 16.5. The number of sulfone groups is 1. The number of benzene rings is 3. The van der Waals surface area contributed by atoms with Gasteiger partial charge in [0.15, 0.2) is 21.5 Å². The topological polar surface area (TPSA) is 87.2 Å². The molecule has 2 aromatic heterocycles. The lowest BCUT2D eigenvalue weighted by Gasteiger charge is -2.20. The van der Waals surface area contributed by atoms with E-state index in [9.17, 15) is 30.4 Å². The molecule has 13 heteroatoms. The van der Waals surface area contributed by atoms with Crippen molar-refractivity contribution in [1.29, 1.82) is 0 Å². The second-order valence-electron chi connectivity index (χ2n) is 9.88. The van der Waals surface area contributed by atoms with Gasteiger partial charge in [0, 0.05) is 30.5 Å². The first kappa shape index (κ1) is 30.0. The maximum Gasteiger partial charge on any atom is 0.499 e. The van der Waals surface area contributed by atoms with Crippen LogP contribution >= 0.6 is 0 Å². The molecule has 0 fully saturated rings. The molecule has 0 aliphatic rings.